The molecule has 0 radical (unpaired) electrons. The monoisotopic (exact) mass is 644 g/mol. The third kappa shape index (κ3) is 6.82. The van der Waals surface area contributed by atoms with Crippen molar-refractivity contribution in [1.82, 2.24) is 0 Å². The Labute approximate surface area is 262 Å². The standard InChI is InChI=1S/C32H36O14/c1-32(2,39)24-11-17-20(45-24)12-22-26(30(17)41-4)19(34)10-16(44-22)13-43-31-29(38)28(37)27(36)23(46-31)14-42-25(35)8-6-15-5-7-18(33)21(9-15)40-3/h5-10,12,23-24,27-29,31,33,36-39H,11,13-14H2,1-4H3. The van der Waals surface area contributed by atoms with Gasteiger partial charge in [-0.1, -0.05) is 6.07 Å². The predicted molar refractivity (Wildman–Crippen MR) is 160 cm³/mol. The van der Waals surface area contributed by atoms with E-state index in [1.807, 2.05) is 0 Å². The maximum atomic E-state index is 13.1. The summed E-state index contributed by atoms with van der Waals surface area (Å²) in [6, 6.07) is 7.19. The van der Waals surface area contributed by atoms with Crippen LogP contribution in [0.3, 0.4) is 0 Å². The highest BCUT2D eigenvalue weighted by Gasteiger charge is 2.45. The van der Waals surface area contributed by atoms with E-state index < -0.39 is 60.4 Å². The molecule has 6 atom stereocenters. The van der Waals surface area contributed by atoms with E-state index in [1.165, 1.54) is 44.6 Å². The molecular weight excluding hydrogens is 608 g/mol. The molecule has 1 fully saturated rings. The van der Waals surface area contributed by atoms with E-state index in [9.17, 15) is 35.1 Å². The molecule has 248 valence electrons. The molecule has 14 nitrogen and oxygen atoms in total. The molecule has 2 aliphatic heterocycles. The van der Waals surface area contributed by atoms with E-state index >= 15 is 0 Å². The van der Waals surface area contributed by atoms with Gasteiger partial charge in [-0.2, -0.15) is 0 Å². The minimum atomic E-state index is -1.71. The van der Waals surface area contributed by atoms with Crippen LogP contribution in [0.5, 0.6) is 23.0 Å². The van der Waals surface area contributed by atoms with Gasteiger partial charge in [0.25, 0.3) is 0 Å². The Morgan fingerprint density at radius 1 is 1.07 bits per heavy atom. The molecule has 0 aliphatic carbocycles. The second-order valence-electron chi connectivity index (χ2n) is 11.5. The Hall–Kier alpha value is -4.18. The summed E-state index contributed by atoms with van der Waals surface area (Å²) in [7, 11) is 2.81. The number of aromatic hydroxyl groups is 1. The van der Waals surface area contributed by atoms with Gasteiger partial charge in [0.1, 0.15) is 72.0 Å². The van der Waals surface area contributed by atoms with Crippen LogP contribution in [0.4, 0.5) is 0 Å². The quantitative estimate of drug-likeness (QED) is 0.155. The molecule has 3 heterocycles. The number of carbonyl (C=O) groups is 1. The molecule has 46 heavy (non-hydrogen) atoms. The Kier molecular flexibility index (Phi) is 9.58. The van der Waals surface area contributed by atoms with E-state index in [4.69, 9.17) is 32.8 Å². The van der Waals surface area contributed by atoms with E-state index in [1.54, 1.807) is 19.9 Å². The van der Waals surface area contributed by atoms with Crippen LogP contribution in [0.2, 0.25) is 0 Å². The number of hydrogen-bond acceptors (Lipinski definition) is 14. The smallest absolute Gasteiger partial charge is 0.330 e. The van der Waals surface area contributed by atoms with E-state index in [0.29, 0.717) is 23.3 Å². The first-order valence-corrected chi connectivity index (χ1v) is 14.4. The summed E-state index contributed by atoms with van der Waals surface area (Å²) < 4.78 is 38.8. The fraction of sp³-hybridized carbons (Fsp3) is 0.438. The van der Waals surface area contributed by atoms with E-state index in [-0.39, 0.29) is 40.6 Å². The number of aliphatic hydroxyl groups excluding tert-OH is 3. The Morgan fingerprint density at radius 3 is 2.52 bits per heavy atom. The molecule has 3 aromatic rings. The minimum absolute atomic E-state index is 0.0481. The number of ether oxygens (including phenoxy) is 6. The molecule has 1 aromatic heterocycles. The molecule has 0 amide bonds. The van der Waals surface area contributed by atoms with E-state index in [0.717, 1.165) is 6.08 Å². The average molecular weight is 645 g/mol. The molecule has 1 saturated heterocycles. The first kappa shape index (κ1) is 33.2. The summed E-state index contributed by atoms with van der Waals surface area (Å²) in [6.45, 7) is 2.37. The van der Waals surface area contributed by atoms with Crippen molar-refractivity contribution < 1.29 is 63.2 Å². The van der Waals surface area contributed by atoms with Gasteiger partial charge in [0.15, 0.2) is 23.2 Å². The van der Waals surface area contributed by atoms with Crippen LogP contribution < -0.4 is 19.6 Å². The third-order valence-electron chi connectivity index (χ3n) is 7.80. The van der Waals surface area contributed by atoms with Crippen molar-refractivity contribution in [2.24, 2.45) is 0 Å². The lowest BCUT2D eigenvalue weighted by Crippen LogP contribution is -2.59. The third-order valence-corrected chi connectivity index (χ3v) is 7.80. The highest BCUT2D eigenvalue weighted by Crippen LogP contribution is 2.43. The molecule has 5 rings (SSSR count). The number of aliphatic hydroxyl groups is 4. The number of methoxy groups -OCH3 is 2. The lowest BCUT2D eigenvalue weighted by molar-refractivity contribution is -0.305. The van der Waals surface area contributed by atoms with Crippen molar-refractivity contribution >= 4 is 23.0 Å². The van der Waals surface area contributed by atoms with Crippen molar-refractivity contribution in [2.75, 3.05) is 20.8 Å². The lowest BCUT2D eigenvalue weighted by atomic mass is 9.96. The van der Waals surface area contributed by atoms with Gasteiger partial charge in [0.05, 0.1) is 19.8 Å². The minimum Gasteiger partial charge on any atom is -0.504 e. The number of fused-ring (bicyclic) bond motifs is 2. The Bertz CT molecular complexity index is 1670. The summed E-state index contributed by atoms with van der Waals surface area (Å²) >= 11 is 0. The van der Waals surface area contributed by atoms with Crippen LogP contribution in [0.15, 0.2) is 45.6 Å². The largest absolute Gasteiger partial charge is 0.504 e. The van der Waals surface area contributed by atoms with Gasteiger partial charge in [0, 0.05) is 30.2 Å². The number of phenols is 1. The molecular formula is C32H36O14. The summed E-state index contributed by atoms with van der Waals surface area (Å²) in [4.78, 5) is 25.5. The van der Waals surface area contributed by atoms with Crippen molar-refractivity contribution in [3.63, 3.8) is 0 Å². The number of carbonyl (C=O) groups excluding carboxylic acids is 1. The van der Waals surface area contributed by atoms with Gasteiger partial charge in [-0.05, 0) is 37.6 Å². The zero-order chi connectivity index (χ0) is 33.3. The number of hydrogen-bond donors (Lipinski definition) is 5. The fourth-order valence-electron chi connectivity index (χ4n) is 5.26. The average Bonchev–Trinajstić information content (AvgIpc) is 3.46. The summed E-state index contributed by atoms with van der Waals surface area (Å²) in [5.74, 6) is 0.0819. The van der Waals surface area contributed by atoms with Crippen molar-refractivity contribution in [2.45, 2.75) is 69.3 Å². The van der Waals surface area contributed by atoms with Crippen LogP contribution in [0.25, 0.3) is 17.0 Å². The van der Waals surface area contributed by atoms with Crippen LogP contribution in [0.1, 0.15) is 30.7 Å². The van der Waals surface area contributed by atoms with E-state index in [2.05, 4.69) is 0 Å². The molecule has 0 bridgehead atoms. The predicted octanol–water partition coefficient (Wildman–Crippen LogP) is 1.17. The van der Waals surface area contributed by atoms with Crippen molar-refractivity contribution in [3.05, 3.63) is 63.5 Å². The molecule has 2 aliphatic rings. The van der Waals surface area contributed by atoms with Gasteiger partial charge < -0.3 is 58.4 Å². The van der Waals surface area contributed by atoms with Gasteiger partial charge in [0.2, 0.25) is 0 Å². The van der Waals surface area contributed by atoms with Crippen LogP contribution in [-0.2, 0) is 32.0 Å². The lowest BCUT2D eigenvalue weighted by Gasteiger charge is -2.39. The molecule has 6 unspecified atom stereocenters. The molecule has 0 saturated carbocycles. The highest BCUT2D eigenvalue weighted by molar-refractivity contribution is 5.88. The number of benzene rings is 2. The molecule has 14 heteroatoms. The Morgan fingerprint density at radius 2 is 1.83 bits per heavy atom. The highest BCUT2D eigenvalue weighted by atomic mass is 16.7. The van der Waals surface area contributed by atoms with Crippen LogP contribution in [-0.4, -0.2) is 94.7 Å². The number of phenolic OH excluding ortho intramolecular Hbond substituents is 1. The summed E-state index contributed by atoms with van der Waals surface area (Å²) in [5, 5.41) is 51.7. The van der Waals surface area contributed by atoms with Crippen molar-refractivity contribution in [3.8, 4) is 23.0 Å². The van der Waals surface area contributed by atoms with Gasteiger partial charge in [-0.25, -0.2) is 4.79 Å². The first-order chi connectivity index (χ1) is 21.8. The molecule has 0 spiro atoms. The zero-order valence-corrected chi connectivity index (χ0v) is 25.5. The maximum absolute atomic E-state index is 13.1. The summed E-state index contributed by atoms with van der Waals surface area (Å²) in [6.07, 6.45) is -5.48. The van der Waals surface area contributed by atoms with Gasteiger partial charge in [-0.3, -0.25) is 4.79 Å². The van der Waals surface area contributed by atoms with Gasteiger partial charge in [-0.15, -0.1) is 0 Å². The second-order valence-corrected chi connectivity index (χ2v) is 11.5. The zero-order valence-electron chi connectivity index (χ0n) is 25.5. The second kappa shape index (κ2) is 13.3. The SMILES string of the molecule is COc1cc(C=CC(=O)OCC2OC(OCc3cc(=O)c4c(OC)c5c(cc4o3)OC(C(C)(C)O)C5)C(O)C(O)C2O)ccc1O. The fourth-order valence-corrected chi connectivity index (χ4v) is 5.26. The normalized spacial score (nSPS) is 24.5. The van der Waals surface area contributed by atoms with Crippen molar-refractivity contribution in [1.29, 1.82) is 0 Å². The van der Waals surface area contributed by atoms with Crippen LogP contribution in [0, 0.1) is 0 Å². The Balaban J connectivity index is 1.25. The molecule has 2 aromatic carbocycles. The summed E-state index contributed by atoms with van der Waals surface area (Å²) in [5.41, 5.74) is -0.271. The first-order valence-electron chi connectivity index (χ1n) is 14.4. The topological polar surface area (TPSA) is 204 Å². The number of rotatable bonds is 10. The van der Waals surface area contributed by atoms with Crippen LogP contribution >= 0.6 is 0 Å². The maximum Gasteiger partial charge on any atom is 0.330 e. The van der Waals surface area contributed by atoms with Gasteiger partial charge >= 0.3 is 5.97 Å². The number of esters is 1. The molecule has 5 N–H and O–H groups in total.